The Morgan fingerprint density at radius 1 is 0.222 bits per heavy atom. The standard InChI is InChI=1S/C84H64N6/c1-49-19-27-71-61(39-49)62-40-50(2)20-28-72(62)87(71)81-79(59-35-37-85-38-36-59)80(60-47-69(57-15-11-9-12-16-57)86-70(48-60)58-17-13-10-14-18-58)82(88-73-29-21-51(3)41-63(73)64-42-52(4)22-30-74(64)88)84(90-77-33-25-55(7)45-67(77)68-46-56(8)26-34-78(68)90)83(81)89-75-31-23-53(5)43-65(75)66-44-54(6)24-32-76(66)89/h9-48H,1-8H3. The summed E-state index contributed by atoms with van der Waals surface area (Å²) in [5.41, 5.74) is 30.5. The van der Waals surface area contributed by atoms with Gasteiger partial charge in [-0.05, 0) is 188 Å². The Bertz CT molecular complexity index is 5560. The van der Waals surface area contributed by atoms with Gasteiger partial charge in [-0.3, -0.25) is 4.98 Å². The predicted octanol–water partition coefficient (Wildman–Crippen LogP) is 22.0. The van der Waals surface area contributed by atoms with Crippen molar-refractivity contribution in [1.29, 1.82) is 0 Å². The molecule has 0 bridgehead atoms. The molecular formula is C84H64N6. The lowest BCUT2D eigenvalue weighted by atomic mass is 9.87. The van der Waals surface area contributed by atoms with Crippen LogP contribution in [-0.4, -0.2) is 28.2 Å². The summed E-state index contributed by atoms with van der Waals surface area (Å²) < 4.78 is 10.6. The van der Waals surface area contributed by atoms with Crippen molar-refractivity contribution in [2.75, 3.05) is 0 Å². The number of hydrogen-bond donors (Lipinski definition) is 0. The summed E-state index contributed by atoms with van der Waals surface area (Å²) in [6.07, 6.45) is 3.95. The van der Waals surface area contributed by atoms with Crippen molar-refractivity contribution in [3.63, 3.8) is 0 Å². The molecule has 430 valence electrons. The summed E-state index contributed by atoms with van der Waals surface area (Å²) in [7, 11) is 0. The maximum atomic E-state index is 5.66. The zero-order valence-electron chi connectivity index (χ0n) is 51.8. The molecule has 17 aromatic rings. The molecule has 0 aliphatic carbocycles. The molecular weight excluding hydrogens is 1090 g/mol. The van der Waals surface area contributed by atoms with Gasteiger partial charge >= 0.3 is 0 Å². The van der Waals surface area contributed by atoms with Crippen molar-refractivity contribution in [1.82, 2.24) is 28.2 Å². The Morgan fingerprint density at radius 3 is 0.733 bits per heavy atom. The van der Waals surface area contributed by atoms with Crippen LogP contribution in [0.5, 0.6) is 0 Å². The van der Waals surface area contributed by atoms with Gasteiger partial charge in [0.15, 0.2) is 0 Å². The van der Waals surface area contributed by atoms with Crippen LogP contribution in [0.3, 0.4) is 0 Å². The number of aryl methyl sites for hydroxylation is 8. The highest BCUT2D eigenvalue weighted by Crippen LogP contribution is 2.55. The second kappa shape index (κ2) is 20.2. The van der Waals surface area contributed by atoms with Crippen LogP contribution in [0.25, 0.3) is 155 Å². The second-order valence-corrected chi connectivity index (χ2v) is 25.2. The van der Waals surface area contributed by atoms with E-state index in [9.17, 15) is 0 Å². The van der Waals surface area contributed by atoms with Crippen molar-refractivity contribution in [2.24, 2.45) is 0 Å². The fourth-order valence-corrected chi connectivity index (χ4v) is 14.8. The Kier molecular flexibility index (Phi) is 12.0. The largest absolute Gasteiger partial charge is 0.306 e. The average Bonchev–Trinajstić information content (AvgIpc) is 1.41. The van der Waals surface area contributed by atoms with Gasteiger partial charge in [-0.15, -0.1) is 0 Å². The lowest BCUT2D eigenvalue weighted by molar-refractivity contribution is 1.02. The van der Waals surface area contributed by atoms with E-state index in [0.717, 1.165) is 112 Å². The third kappa shape index (κ3) is 8.17. The summed E-state index contributed by atoms with van der Waals surface area (Å²) in [6.45, 7) is 17.8. The topological polar surface area (TPSA) is 45.5 Å². The number of rotatable bonds is 8. The van der Waals surface area contributed by atoms with Crippen LogP contribution in [-0.2, 0) is 0 Å². The number of nitrogens with zero attached hydrogens (tertiary/aromatic N) is 6. The van der Waals surface area contributed by atoms with Crippen molar-refractivity contribution in [3.05, 3.63) is 287 Å². The van der Waals surface area contributed by atoms with E-state index in [4.69, 9.17) is 9.97 Å². The number of fused-ring (bicyclic) bond motifs is 12. The highest BCUT2D eigenvalue weighted by molar-refractivity contribution is 6.19. The third-order valence-electron chi connectivity index (χ3n) is 18.8. The lowest BCUT2D eigenvalue weighted by Gasteiger charge is -2.31. The van der Waals surface area contributed by atoms with E-state index in [0.29, 0.717) is 0 Å². The first-order valence-electron chi connectivity index (χ1n) is 31.3. The highest BCUT2D eigenvalue weighted by atomic mass is 15.1. The molecule has 6 heteroatoms. The van der Waals surface area contributed by atoms with E-state index in [1.807, 2.05) is 12.4 Å². The van der Waals surface area contributed by atoms with E-state index in [-0.39, 0.29) is 0 Å². The van der Waals surface area contributed by atoms with Crippen LogP contribution in [0.1, 0.15) is 44.5 Å². The minimum Gasteiger partial charge on any atom is -0.306 e. The van der Waals surface area contributed by atoms with Gasteiger partial charge in [0, 0.05) is 77.7 Å². The molecule has 17 rings (SSSR count). The van der Waals surface area contributed by atoms with Gasteiger partial charge in [0.25, 0.3) is 0 Å². The van der Waals surface area contributed by atoms with Crippen LogP contribution in [0.15, 0.2) is 243 Å². The fourth-order valence-electron chi connectivity index (χ4n) is 14.8. The van der Waals surface area contributed by atoms with Gasteiger partial charge in [0.05, 0.1) is 78.3 Å². The van der Waals surface area contributed by atoms with Crippen molar-refractivity contribution < 1.29 is 0 Å². The lowest BCUT2D eigenvalue weighted by Crippen LogP contribution is -2.16. The third-order valence-corrected chi connectivity index (χ3v) is 18.8. The summed E-state index contributed by atoms with van der Waals surface area (Å²) in [6, 6.07) is 87.1. The van der Waals surface area contributed by atoms with E-state index < -0.39 is 0 Å². The minimum atomic E-state index is 0.873. The molecule has 0 amide bonds. The smallest absolute Gasteiger partial charge is 0.0975 e. The van der Waals surface area contributed by atoms with Gasteiger partial charge in [0.1, 0.15) is 0 Å². The molecule has 0 aliphatic heterocycles. The van der Waals surface area contributed by atoms with Crippen LogP contribution in [0.4, 0.5) is 0 Å². The summed E-state index contributed by atoms with van der Waals surface area (Å²) in [5.74, 6) is 0. The van der Waals surface area contributed by atoms with Gasteiger partial charge in [0.2, 0.25) is 0 Å². The second-order valence-electron chi connectivity index (χ2n) is 25.2. The molecule has 0 fully saturated rings. The maximum absolute atomic E-state index is 5.66. The van der Waals surface area contributed by atoms with Crippen LogP contribution in [0.2, 0.25) is 0 Å². The SMILES string of the molecule is Cc1ccc2c(c1)c1cc(C)ccc1n2-c1c(-c2ccncc2)c(-c2cc(-c3ccccc3)nc(-c3ccccc3)c2)c(-n2c3ccc(C)cc3c3cc(C)ccc32)c(-n2c3ccc(C)cc3c3cc(C)ccc32)c1-n1c2ccc(C)cc2c2cc(C)ccc21. The number of aromatic nitrogens is 6. The molecule has 0 unspecified atom stereocenters. The molecule has 90 heavy (non-hydrogen) atoms. The molecule has 6 nitrogen and oxygen atoms in total. The first kappa shape index (κ1) is 53.2. The Balaban J connectivity index is 1.27. The normalized spacial score (nSPS) is 12.0. The fraction of sp³-hybridized carbons (Fsp3) is 0.0952. The molecule has 0 saturated carbocycles. The summed E-state index contributed by atoms with van der Waals surface area (Å²) in [5, 5.41) is 9.54. The molecule has 11 aromatic carbocycles. The molecule has 0 atom stereocenters. The van der Waals surface area contributed by atoms with Crippen LogP contribution in [0, 0.1) is 55.4 Å². The van der Waals surface area contributed by atoms with Crippen LogP contribution < -0.4 is 0 Å². The number of benzene rings is 11. The van der Waals surface area contributed by atoms with Gasteiger partial charge in [-0.2, -0.15) is 0 Å². The number of hydrogen-bond acceptors (Lipinski definition) is 2. The van der Waals surface area contributed by atoms with E-state index >= 15 is 0 Å². The first-order chi connectivity index (χ1) is 43.9. The van der Waals surface area contributed by atoms with E-state index in [2.05, 4.69) is 304 Å². The molecule has 6 aromatic heterocycles. The number of pyridine rings is 2. The zero-order valence-corrected chi connectivity index (χ0v) is 51.8. The summed E-state index contributed by atoms with van der Waals surface area (Å²) in [4.78, 5) is 10.5. The molecule has 0 aliphatic rings. The minimum absolute atomic E-state index is 0.873. The van der Waals surface area contributed by atoms with Gasteiger partial charge < -0.3 is 18.3 Å². The quantitative estimate of drug-likeness (QED) is 0.152. The molecule has 0 saturated heterocycles. The molecule has 0 spiro atoms. The van der Waals surface area contributed by atoms with Crippen molar-refractivity contribution in [3.8, 4) is 67.5 Å². The first-order valence-corrected chi connectivity index (χ1v) is 31.3. The van der Waals surface area contributed by atoms with Gasteiger partial charge in [-0.25, -0.2) is 4.98 Å². The van der Waals surface area contributed by atoms with Crippen molar-refractivity contribution in [2.45, 2.75) is 55.4 Å². The molecule has 6 heterocycles. The van der Waals surface area contributed by atoms with Crippen molar-refractivity contribution >= 4 is 87.2 Å². The molecule has 0 N–H and O–H groups in total. The van der Waals surface area contributed by atoms with E-state index in [1.165, 1.54) is 87.6 Å². The van der Waals surface area contributed by atoms with Gasteiger partial charge in [-0.1, -0.05) is 154 Å². The van der Waals surface area contributed by atoms with Crippen LogP contribution >= 0.6 is 0 Å². The zero-order chi connectivity index (χ0) is 60.8. The Morgan fingerprint density at radius 2 is 0.467 bits per heavy atom. The molecule has 0 radical (unpaired) electrons. The monoisotopic (exact) mass is 1160 g/mol. The average molecular weight is 1160 g/mol. The highest BCUT2D eigenvalue weighted by Gasteiger charge is 2.36. The summed E-state index contributed by atoms with van der Waals surface area (Å²) >= 11 is 0. The Hall–Kier alpha value is -11.1. The Labute approximate surface area is 522 Å². The maximum Gasteiger partial charge on any atom is 0.0975 e. The van der Waals surface area contributed by atoms with E-state index in [1.54, 1.807) is 0 Å². The predicted molar refractivity (Wildman–Crippen MR) is 379 cm³/mol.